The Morgan fingerprint density at radius 1 is 1.32 bits per heavy atom. The number of methoxy groups -OCH3 is 1. The molecule has 132 valence electrons. The van der Waals surface area contributed by atoms with Crippen molar-refractivity contribution in [2.24, 2.45) is 5.41 Å². The van der Waals surface area contributed by atoms with Crippen LogP contribution < -0.4 is 4.74 Å². The van der Waals surface area contributed by atoms with E-state index in [-0.39, 0.29) is 17.3 Å². The molecule has 2 aliphatic heterocycles. The fraction of sp³-hybridized carbons (Fsp3) is 0.450. The first-order valence-electron chi connectivity index (χ1n) is 8.72. The van der Waals surface area contributed by atoms with Crippen molar-refractivity contribution in [3.05, 3.63) is 59.7 Å². The Hall–Kier alpha value is -1.98. The maximum Gasteiger partial charge on any atom is 0.169 e. The standard InChI is InChI=1S/C20H23FN2O2/c1-24-18-6-2-5-16(19(18)21)11-23-12-20(13-23)9-17(25-14-20)8-15-4-3-7-22-10-15/h2-7,10,17H,8-9,11-14H2,1H3. The van der Waals surface area contributed by atoms with Crippen LogP contribution in [-0.2, 0) is 17.7 Å². The summed E-state index contributed by atoms with van der Waals surface area (Å²) in [6, 6.07) is 9.40. The minimum absolute atomic E-state index is 0.238. The molecule has 4 rings (SSSR count). The zero-order chi connectivity index (χ0) is 17.3. The molecule has 2 aliphatic rings. The molecule has 2 aromatic rings. The van der Waals surface area contributed by atoms with Crippen LogP contribution in [0.1, 0.15) is 17.5 Å². The largest absolute Gasteiger partial charge is 0.494 e. The number of likely N-dealkylation sites (tertiary alicyclic amines) is 1. The van der Waals surface area contributed by atoms with Gasteiger partial charge in [-0.25, -0.2) is 4.39 Å². The SMILES string of the molecule is COc1cccc(CN2CC3(COC(Cc4cccnc4)C3)C2)c1F. The maximum atomic E-state index is 14.3. The lowest BCUT2D eigenvalue weighted by molar-refractivity contribution is -0.0146. The van der Waals surface area contributed by atoms with Crippen LogP contribution >= 0.6 is 0 Å². The third kappa shape index (κ3) is 3.39. The van der Waals surface area contributed by atoms with Gasteiger partial charge in [0.15, 0.2) is 11.6 Å². The summed E-state index contributed by atoms with van der Waals surface area (Å²) in [7, 11) is 1.50. The summed E-state index contributed by atoms with van der Waals surface area (Å²) in [5.41, 5.74) is 2.15. The first kappa shape index (κ1) is 16.5. The van der Waals surface area contributed by atoms with E-state index in [0.717, 1.165) is 32.5 Å². The van der Waals surface area contributed by atoms with Crippen LogP contribution in [0.5, 0.6) is 5.75 Å². The van der Waals surface area contributed by atoms with Gasteiger partial charge in [0.05, 0.1) is 19.8 Å². The smallest absolute Gasteiger partial charge is 0.169 e. The average Bonchev–Trinajstić information content (AvgIpc) is 3.01. The lowest BCUT2D eigenvalue weighted by Gasteiger charge is -2.47. The molecule has 25 heavy (non-hydrogen) atoms. The van der Waals surface area contributed by atoms with Gasteiger partial charge in [-0.3, -0.25) is 9.88 Å². The molecule has 5 heteroatoms. The maximum absolute atomic E-state index is 14.3. The third-order valence-corrected chi connectivity index (χ3v) is 5.25. The van der Waals surface area contributed by atoms with Crippen LogP contribution in [0.2, 0.25) is 0 Å². The molecule has 0 saturated carbocycles. The highest BCUT2D eigenvalue weighted by molar-refractivity contribution is 5.31. The van der Waals surface area contributed by atoms with Crippen LogP contribution in [-0.4, -0.2) is 42.8 Å². The number of pyridine rings is 1. The predicted molar refractivity (Wildman–Crippen MR) is 93.0 cm³/mol. The fourth-order valence-corrected chi connectivity index (χ4v) is 4.12. The second-order valence-corrected chi connectivity index (χ2v) is 7.28. The minimum Gasteiger partial charge on any atom is -0.494 e. The quantitative estimate of drug-likeness (QED) is 0.836. The van der Waals surface area contributed by atoms with Crippen molar-refractivity contribution >= 4 is 0 Å². The molecule has 0 bridgehead atoms. The topological polar surface area (TPSA) is 34.6 Å². The Balaban J connectivity index is 1.32. The molecule has 3 heterocycles. The Kier molecular flexibility index (Phi) is 4.44. The first-order chi connectivity index (χ1) is 12.2. The highest BCUT2D eigenvalue weighted by atomic mass is 19.1. The van der Waals surface area contributed by atoms with E-state index in [1.807, 2.05) is 24.4 Å². The second kappa shape index (κ2) is 6.73. The van der Waals surface area contributed by atoms with Gasteiger partial charge >= 0.3 is 0 Å². The summed E-state index contributed by atoms with van der Waals surface area (Å²) in [6.45, 7) is 3.35. The number of nitrogens with zero attached hydrogens (tertiary/aromatic N) is 2. The first-order valence-corrected chi connectivity index (χ1v) is 8.72. The molecule has 2 fully saturated rings. The number of aromatic nitrogens is 1. The zero-order valence-electron chi connectivity index (χ0n) is 14.5. The van der Waals surface area contributed by atoms with Crippen LogP contribution in [0.15, 0.2) is 42.7 Å². The van der Waals surface area contributed by atoms with E-state index in [9.17, 15) is 4.39 Å². The minimum atomic E-state index is -0.247. The molecule has 0 radical (unpaired) electrons. The molecule has 0 amide bonds. The van der Waals surface area contributed by atoms with E-state index in [1.165, 1.54) is 12.7 Å². The number of hydrogen-bond donors (Lipinski definition) is 0. The third-order valence-electron chi connectivity index (χ3n) is 5.25. The van der Waals surface area contributed by atoms with E-state index in [0.29, 0.717) is 17.9 Å². The summed E-state index contributed by atoms with van der Waals surface area (Å²) in [4.78, 5) is 6.45. The van der Waals surface area contributed by atoms with Gasteiger partial charge in [0, 0.05) is 49.4 Å². The van der Waals surface area contributed by atoms with Crippen molar-refractivity contribution in [1.82, 2.24) is 9.88 Å². The molecule has 1 aromatic heterocycles. The number of rotatable bonds is 5. The van der Waals surface area contributed by atoms with Gasteiger partial charge in [0.2, 0.25) is 0 Å². The Morgan fingerprint density at radius 3 is 2.96 bits per heavy atom. The van der Waals surface area contributed by atoms with Crippen molar-refractivity contribution in [2.75, 3.05) is 26.8 Å². The zero-order valence-corrected chi connectivity index (χ0v) is 14.5. The molecule has 0 aliphatic carbocycles. The fourth-order valence-electron chi connectivity index (χ4n) is 4.12. The lowest BCUT2D eigenvalue weighted by Crippen LogP contribution is -2.56. The summed E-state index contributed by atoms with van der Waals surface area (Å²) in [5, 5.41) is 0. The Morgan fingerprint density at radius 2 is 2.20 bits per heavy atom. The van der Waals surface area contributed by atoms with Crippen molar-refractivity contribution < 1.29 is 13.9 Å². The number of hydrogen-bond acceptors (Lipinski definition) is 4. The Labute approximate surface area is 147 Å². The van der Waals surface area contributed by atoms with Gasteiger partial charge < -0.3 is 9.47 Å². The van der Waals surface area contributed by atoms with E-state index < -0.39 is 0 Å². The highest BCUT2D eigenvalue weighted by Gasteiger charge is 2.48. The van der Waals surface area contributed by atoms with E-state index >= 15 is 0 Å². The number of ether oxygens (including phenoxy) is 2. The predicted octanol–water partition coefficient (Wildman–Crippen LogP) is 3.06. The van der Waals surface area contributed by atoms with Gasteiger partial charge in [-0.05, 0) is 24.1 Å². The summed E-state index contributed by atoms with van der Waals surface area (Å²) in [6.07, 6.45) is 5.95. The lowest BCUT2D eigenvalue weighted by atomic mass is 9.77. The van der Waals surface area contributed by atoms with Gasteiger partial charge in [-0.1, -0.05) is 18.2 Å². The van der Waals surface area contributed by atoms with Crippen molar-refractivity contribution in [3.63, 3.8) is 0 Å². The van der Waals surface area contributed by atoms with Crippen molar-refractivity contribution in [2.45, 2.75) is 25.5 Å². The van der Waals surface area contributed by atoms with Crippen LogP contribution in [0, 0.1) is 11.2 Å². The summed E-state index contributed by atoms with van der Waals surface area (Å²) >= 11 is 0. The molecule has 4 nitrogen and oxygen atoms in total. The van der Waals surface area contributed by atoms with Crippen LogP contribution in [0.3, 0.4) is 0 Å². The highest BCUT2D eigenvalue weighted by Crippen LogP contribution is 2.42. The molecular weight excluding hydrogens is 319 g/mol. The van der Waals surface area contributed by atoms with Gasteiger partial charge in [-0.15, -0.1) is 0 Å². The van der Waals surface area contributed by atoms with Crippen molar-refractivity contribution in [1.29, 1.82) is 0 Å². The van der Waals surface area contributed by atoms with Gasteiger partial charge in [0.25, 0.3) is 0 Å². The molecule has 1 unspecified atom stereocenters. The summed E-state index contributed by atoms with van der Waals surface area (Å²) < 4.78 is 25.4. The van der Waals surface area contributed by atoms with E-state index in [4.69, 9.17) is 9.47 Å². The average molecular weight is 342 g/mol. The molecule has 1 aromatic carbocycles. The van der Waals surface area contributed by atoms with Crippen molar-refractivity contribution in [3.8, 4) is 5.75 Å². The van der Waals surface area contributed by atoms with E-state index in [2.05, 4.69) is 16.0 Å². The molecule has 2 saturated heterocycles. The molecular formula is C20H23FN2O2. The van der Waals surface area contributed by atoms with Gasteiger partial charge in [-0.2, -0.15) is 0 Å². The van der Waals surface area contributed by atoms with Crippen LogP contribution in [0.25, 0.3) is 0 Å². The Bertz CT molecular complexity index is 732. The molecule has 1 atom stereocenters. The number of benzene rings is 1. The summed E-state index contributed by atoms with van der Waals surface area (Å²) in [5.74, 6) is 0.0662. The van der Waals surface area contributed by atoms with Gasteiger partial charge in [0.1, 0.15) is 0 Å². The second-order valence-electron chi connectivity index (χ2n) is 7.28. The molecule has 0 N–H and O–H groups in total. The monoisotopic (exact) mass is 342 g/mol. The van der Waals surface area contributed by atoms with Crippen LogP contribution in [0.4, 0.5) is 4.39 Å². The van der Waals surface area contributed by atoms with E-state index in [1.54, 1.807) is 12.3 Å². The molecule has 1 spiro atoms. The number of halogens is 1. The normalized spacial score (nSPS) is 22.1.